The Morgan fingerprint density at radius 3 is 2.57 bits per heavy atom. The first kappa shape index (κ1) is 9.49. The smallest absolute Gasteiger partial charge is 0.119 e. The van der Waals surface area contributed by atoms with Crippen molar-refractivity contribution in [3.05, 3.63) is 29.3 Å². The van der Waals surface area contributed by atoms with Gasteiger partial charge in [-0.3, -0.25) is 0 Å². The van der Waals surface area contributed by atoms with Crippen LogP contribution in [0.2, 0.25) is 0 Å². The fourth-order valence-corrected chi connectivity index (χ4v) is 1.91. The van der Waals surface area contributed by atoms with Gasteiger partial charge >= 0.3 is 0 Å². The maximum atomic E-state index is 6.21. The number of hydrogen-bond donors (Lipinski definition) is 2. The largest absolute Gasteiger partial charge is 0.497 e. The zero-order valence-corrected chi connectivity index (χ0v) is 8.63. The molecule has 1 aliphatic rings. The highest BCUT2D eigenvalue weighted by Crippen LogP contribution is 2.28. The van der Waals surface area contributed by atoms with E-state index in [-0.39, 0.29) is 5.54 Å². The fourth-order valence-electron chi connectivity index (χ4n) is 1.91. The van der Waals surface area contributed by atoms with Gasteiger partial charge in [0.2, 0.25) is 0 Å². The summed E-state index contributed by atoms with van der Waals surface area (Å²) in [6, 6.07) is 6.06. The zero-order chi connectivity index (χ0) is 10.2. The van der Waals surface area contributed by atoms with Crippen molar-refractivity contribution < 1.29 is 4.74 Å². The van der Waals surface area contributed by atoms with Gasteiger partial charge < -0.3 is 15.8 Å². The molecule has 0 unspecified atom stereocenters. The summed E-state index contributed by atoms with van der Waals surface area (Å²) in [5.41, 5.74) is 8.46. The number of benzene rings is 1. The molecule has 1 heterocycles. The first-order valence-electron chi connectivity index (χ1n) is 4.80. The van der Waals surface area contributed by atoms with Crippen LogP contribution in [0.1, 0.15) is 11.1 Å². The minimum Gasteiger partial charge on any atom is -0.497 e. The Bertz CT molecular complexity index is 345. The van der Waals surface area contributed by atoms with Crippen molar-refractivity contribution in [3.63, 3.8) is 0 Å². The molecule has 3 nitrogen and oxygen atoms in total. The van der Waals surface area contributed by atoms with Crippen LogP contribution in [0.5, 0.6) is 5.75 Å². The summed E-state index contributed by atoms with van der Waals surface area (Å²) in [6.07, 6.45) is 0. The lowest BCUT2D eigenvalue weighted by molar-refractivity contribution is 0.285. The molecule has 0 radical (unpaired) electrons. The molecule has 76 valence electrons. The molecule has 0 bridgehead atoms. The van der Waals surface area contributed by atoms with E-state index in [1.54, 1.807) is 7.11 Å². The van der Waals surface area contributed by atoms with E-state index in [0.29, 0.717) is 0 Å². The average molecular weight is 192 g/mol. The summed E-state index contributed by atoms with van der Waals surface area (Å²) in [5, 5.41) is 3.20. The number of aryl methyl sites for hydroxylation is 1. The van der Waals surface area contributed by atoms with Crippen molar-refractivity contribution in [1.82, 2.24) is 5.32 Å². The molecular formula is C11H16N2O. The Labute approximate surface area is 84.3 Å². The SMILES string of the molecule is COc1ccc(C2(N)CNC2)c(C)c1. The van der Waals surface area contributed by atoms with Crippen LogP contribution in [-0.2, 0) is 5.54 Å². The summed E-state index contributed by atoms with van der Waals surface area (Å²) in [6.45, 7) is 3.80. The first-order valence-corrected chi connectivity index (χ1v) is 4.80. The molecule has 0 saturated carbocycles. The minimum atomic E-state index is -0.170. The molecule has 14 heavy (non-hydrogen) atoms. The second-order valence-corrected chi connectivity index (χ2v) is 3.94. The van der Waals surface area contributed by atoms with Crippen LogP contribution >= 0.6 is 0 Å². The Hall–Kier alpha value is -1.06. The molecule has 1 fully saturated rings. The third-order valence-electron chi connectivity index (χ3n) is 2.85. The molecule has 0 aromatic heterocycles. The Morgan fingerprint density at radius 1 is 1.43 bits per heavy atom. The highest BCUT2D eigenvalue weighted by molar-refractivity contribution is 5.40. The number of nitrogens with one attached hydrogen (secondary N) is 1. The van der Waals surface area contributed by atoms with E-state index >= 15 is 0 Å². The monoisotopic (exact) mass is 192 g/mol. The first-order chi connectivity index (χ1) is 6.65. The number of rotatable bonds is 2. The molecule has 1 aliphatic heterocycles. The number of nitrogens with two attached hydrogens (primary N) is 1. The van der Waals surface area contributed by atoms with Crippen LogP contribution < -0.4 is 15.8 Å². The van der Waals surface area contributed by atoms with Crippen LogP contribution in [-0.4, -0.2) is 20.2 Å². The van der Waals surface area contributed by atoms with E-state index in [1.807, 2.05) is 12.1 Å². The van der Waals surface area contributed by atoms with Gasteiger partial charge in [0.25, 0.3) is 0 Å². The van der Waals surface area contributed by atoms with Gasteiger partial charge in [0, 0.05) is 13.1 Å². The maximum Gasteiger partial charge on any atom is 0.119 e. The molecule has 1 aromatic carbocycles. The number of hydrogen-bond acceptors (Lipinski definition) is 3. The van der Waals surface area contributed by atoms with Crippen LogP contribution in [0.4, 0.5) is 0 Å². The Balaban J connectivity index is 2.35. The number of ether oxygens (including phenoxy) is 1. The van der Waals surface area contributed by atoms with Gasteiger partial charge in [-0.25, -0.2) is 0 Å². The molecule has 2 rings (SSSR count). The minimum absolute atomic E-state index is 0.170. The van der Waals surface area contributed by atoms with Gasteiger partial charge in [-0.15, -0.1) is 0 Å². The van der Waals surface area contributed by atoms with Crippen molar-refractivity contribution in [2.75, 3.05) is 20.2 Å². The summed E-state index contributed by atoms with van der Waals surface area (Å²) >= 11 is 0. The average Bonchev–Trinajstić information content (AvgIpc) is 2.14. The van der Waals surface area contributed by atoms with Crippen molar-refractivity contribution in [2.45, 2.75) is 12.5 Å². The molecule has 1 saturated heterocycles. The molecule has 0 aliphatic carbocycles. The lowest BCUT2D eigenvalue weighted by atomic mass is 9.83. The van der Waals surface area contributed by atoms with Gasteiger partial charge in [-0.05, 0) is 30.2 Å². The highest BCUT2D eigenvalue weighted by atomic mass is 16.5. The van der Waals surface area contributed by atoms with Crippen molar-refractivity contribution >= 4 is 0 Å². The third kappa shape index (κ3) is 1.38. The van der Waals surface area contributed by atoms with Crippen LogP contribution in [0.3, 0.4) is 0 Å². The highest BCUT2D eigenvalue weighted by Gasteiger charge is 2.35. The predicted octanol–water partition coefficient (Wildman–Crippen LogP) is 0.761. The topological polar surface area (TPSA) is 47.3 Å². The van der Waals surface area contributed by atoms with E-state index in [1.165, 1.54) is 11.1 Å². The lowest BCUT2D eigenvalue weighted by Crippen LogP contribution is -2.63. The van der Waals surface area contributed by atoms with Crippen LogP contribution in [0, 0.1) is 6.92 Å². The second-order valence-electron chi connectivity index (χ2n) is 3.94. The van der Waals surface area contributed by atoms with Crippen LogP contribution in [0.25, 0.3) is 0 Å². The Morgan fingerprint density at radius 2 is 2.14 bits per heavy atom. The van der Waals surface area contributed by atoms with E-state index in [4.69, 9.17) is 10.5 Å². The molecule has 0 spiro atoms. The maximum absolute atomic E-state index is 6.21. The molecule has 0 atom stereocenters. The van der Waals surface area contributed by atoms with Crippen molar-refractivity contribution in [1.29, 1.82) is 0 Å². The molecular weight excluding hydrogens is 176 g/mol. The summed E-state index contributed by atoms with van der Waals surface area (Å²) < 4.78 is 5.16. The fraction of sp³-hybridized carbons (Fsp3) is 0.455. The predicted molar refractivity (Wildman–Crippen MR) is 56.5 cm³/mol. The van der Waals surface area contributed by atoms with Gasteiger partial charge in [-0.2, -0.15) is 0 Å². The van der Waals surface area contributed by atoms with E-state index < -0.39 is 0 Å². The second kappa shape index (κ2) is 3.26. The molecule has 1 aromatic rings. The molecule has 3 N–H and O–H groups in total. The van der Waals surface area contributed by atoms with Gasteiger partial charge in [0.1, 0.15) is 5.75 Å². The lowest BCUT2D eigenvalue weighted by Gasteiger charge is -2.40. The van der Waals surface area contributed by atoms with Crippen molar-refractivity contribution in [2.24, 2.45) is 5.73 Å². The molecule has 0 amide bonds. The van der Waals surface area contributed by atoms with Gasteiger partial charge in [0.15, 0.2) is 0 Å². The van der Waals surface area contributed by atoms with Gasteiger partial charge in [0.05, 0.1) is 12.6 Å². The third-order valence-corrected chi connectivity index (χ3v) is 2.85. The Kier molecular flexibility index (Phi) is 2.21. The summed E-state index contributed by atoms with van der Waals surface area (Å²) in [5.74, 6) is 0.891. The van der Waals surface area contributed by atoms with Crippen molar-refractivity contribution in [3.8, 4) is 5.75 Å². The van der Waals surface area contributed by atoms with Crippen LogP contribution in [0.15, 0.2) is 18.2 Å². The van der Waals surface area contributed by atoms with Gasteiger partial charge in [-0.1, -0.05) is 6.07 Å². The standard InChI is InChI=1S/C11H16N2O/c1-8-5-9(14-2)3-4-10(8)11(12)6-13-7-11/h3-5,13H,6-7,12H2,1-2H3. The normalized spacial score (nSPS) is 18.8. The molecule has 3 heteroatoms. The summed E-state index contributed by atoms with van der Waals surface area (Å²) in [7, 11) is 1.68. The number of methoxy groups -OCH3 is 1. The van der Waals surface area contributed by atoms with E-state index in [9.17, 15) is 0 Å². The van der Waals surface area contributed by atoms with E-state index in [2.05, 4.69) is 18.3 Å². The van der Waals surface area contributed by atoms with E-state index in [0.717, 1.165) is 18.8 Å². The zero-order valence-electron chi connectivity index (χ0n) is 8.63. The quantitative estimate of drug-likeness (QED) is 0.727. The summed E-state index contributed by atoms with van der Waals surface area (Å²) in [4.78, 5) is 0.